The van der Waals surface area contributed by atoms with Gasteiger partial charge in [0.1, 0.15) is 5.82 Å². The highest BCUT2D eigenvalue weighted by atomic mass is 19.1. The Balaban J connectivity index is 1.90. The number of ether oxygens (including phenoxy) is 1. The van der Waals surface area contributed by atoms with Gasteiger partial charge in [0.25, 0.3) is 0 Å². The fourth-order valence-corrected chi connectivity index (χ4v) is 3.72. The van der Waals surface area contributed by atoms with Crippen molar-refractivity contribution in [3.63, 3.8) is 0 Å². The summed E-state index contributed by atoms with van der Waals surface area (Å²) >= 11 is 0. The Morgan fingerprint density at radius 3 is 2.76 bits per heavy atom. The molecule has 21 heavy (non-hydrogen) atoms. The number of fused-ring (bicyclic) bond motifs is 5. The Labute approximate surface area is 123 Å². The highest BCUT2D eigenvalue weighted by Crippen LogP contribution is 2.49. The second-order valence-corrected chi connectivity index (χ2v) is 5.92. The zero-order valence-electron chi connectivity index (χ0n) is 11.6. The van der Waals surface area contributed by atoms with E-state index in [1.54, 1.807) is 6.07 Å². The van der Waals surface area contributed by atoms with Gasteiger partial charge in [-0.2, -0.15) is 0 Å². The Hall–Kier alpha value is -1.71. The summed E-state index contributed by atoms with van der Waals surface area (Å²) in [5.74, 6) is -0.0316. The van der Waals surface area contributed by atoms with Gasteiger partial charge in [-0.05, 0) is 47.2 Å². The minimum atomic E-state index is -0.227. The van der Waals surface area contributed by atoms with E-state index < -0.39 is 0 Å². The van der Waals surface area contributed by atoms with Gasteiger partial charge in [0, 0.05) is 5.92 Å². The molecule has 1 aliphatic carbocycles. The van der Waals surface area contributed by atoms with Gasteiger partial charge in [0.05, 0.1) is 18.8 Å². The largest absolute Gasteiger partial charge is 0.394 e. The van der Waals surface area contributed by atoms with E-state index in [2.05, 4.69) is 12.1 Å². The fraction of sp³-hybridized carbons (Fsp3) is 0.333. The van der Waals surface area contributed by atoms with E-state index in [9.17, 15) is 9.50 Å². The van der Waals surface area contributed by atoms with E-state index in [1.807, 2.05) is 18.2 Å². The summed E-state index contributed by atoms with van der Waals surface area (Å²) in [6.07, 6.45) is 1.28. The molecule has 4 rings (SSSR count). The molecular weight excluding hydrogens is 267 g/mol. The Morgan fingerprint density at radius 2 is 1.90 bits per heavy atom. The quantitative estimate of drug-likeness (QED) is 0.870. The van der Waals surface area contributed by atoms with Crippen LogP contribution in [0.3, 0.4) is 0 Å². The van der Waals surface area contributed by atoms with E-state index >= 15 is 0 Å². The molecule has 1 aliphatic heterocycles. The smallest absolute Gasteiger partial charge is 0.123 e. The van der Waals surface area contributed by atoms with Gasteiger partial charge in [-0.15, -0.1) is 0 Å². The third-order valence-electron chi connectivity index (χ3n) is 4.67. The predicted molar refractivity (Wildman–Crippen MR) is 77.7 cm³/mol. The molecule has 0 saturated carbocycles. The second-order valence-electron chi connectivity index (χ2n) is 5.92. The van der Waals surface area contributed by atoms with Crippen LogP contribution in [-0.2, 0) is 11.2 Å². The molecule has 3 heteroatoms. The van der Waals surface area contributed by atoms with Crippen molar-refractivity contribution in [3.8, 4) is 0 Å². The highest BCUT2D eigenvalue weighted by Gasteiger charge is 2.40. The fourth-order valence-electron chi connectivity index (χ4n) is 3.72. The molecule has 108 valence electrons. The van der Waals surface area contributed by atoms with Crippen LogP contribution in [-0.4, -0.2) is 17.8 Å². The Bertz CT molecular complexity index is 683. The molecule has 1 N–H and O–H groups in total. The average Bonchev–Trinajstić information content (AvgIpc) is 2.89. The zero-order chi connectivity index (χ0) is 14.4. The van der Waals surface area contributed by atoms with Gasteiger partial charge in [-0.25, -0.2) is 4.39 Å². The monoisotopic (exact) mass is 284 g/mol. The van der Waals surface area contributed by atoms with Crippen LogP contribution in [0.2, 0.25) is 0 Å². The third kappa shape index (κ3) is 2.08. The molecule has 1 fully saturated rings. The molecule has 0 amide bonds. The van der Waals surface area contributed by atoms with Crippen molar-refractivity contribution in [2.45, 2.75) is 31.0 Å². The third-order valence-corrected chi connectivity index (χ3v) is 4.67. The normalized spacial score (nSPS) is 26.7. The molecule has 0 spiro atoms. The van der Waals surface area contributed by atoms with Crippen LogP contribution >= 0.6 is 0 Å². The summed E-state index contributed by atoms with van der Waals surface area (Å²) in [7, 11) is 0. The lowest BCUT2D eigenvalue weighted by Crippen LogP contribution is -2.11. The number of benzene rings is 2. The molecule has 2 nitrogen and oxygen atoms in total. The van der Waals surface area contributed by atoms with Gasteiger partial charge in [0.15, 0.2) is 0 Å². The van der Waals surface area contributed by atoms with Gasteiger partial charge in [-0.3, -0.25) is 0 Å². The SMILES string of the molecule is OC[C@H]1C[C@@H]2c3ccccc3Cc3ccc(F)cc3C2O1. The highest BCUT2D eigenvalue weighted by molar-refractivity contribution is 5.45. The van der Waals surface area contributed by atoms with Gasteiger partial charge < -0.3 is 9.84 Å². The number of aliphatic hydroxyl groups is 1. The van der Waals surface area contributed by atoms with Crippen LogP contribution < -0.4 is 0 Å². The molecular formula is C18H17FO2. The standard InChI is InChI=1S/C18H17FO2/c19-13-6-5-12-7-11-3-1-2-4-15(11)17-9-14(10-20)21-18(17)16(12)8-13/h1-6,8,14,17-18,20H,7,9-10H2/t14-,17-,18?/m1/s1. The van der Waals surface area contributed by atoms with Gasteiger partial charge in [0.2, 0.25) is 0 Å². The average molecular weight is 284 g/mol. The number of aliphatic hydroxyl groups excluding tert-OH is 1. The van der Waals surface area contributed by atoms with E-state index in [4.69, 9.17) is 4.74 Å². The van der Waals surface area contributed by atoms with Crippen molar-refractivity contribution in [1.29, 1.82) is 0 Å². The predicted octanol–water partition coefficient (Wildman–Crippen LogP) is 3.34. The maximum absolute atomic E-state index is 13.7. The van der Waals surface area contributed by atoms with E-state index in [-0.39, 0.29) is 30.5 Å². The lowest BCUT2D eigenvalue weighted by atomic mass is 9.87. The molecule has 0 aromatic heterocycles. The van der Waals surface area contributed by atoms with Crippen molar-refractivity contribution < 1.29 is 14.2 Å². The summed E-state index contributed by atoms with van der Waals surface area (Å²) < 4.78 is 19.7. The maximum atomic E-state index is 13.7. The van der Waals surface area contributed by atoms with Crippen molar-refractivity contribution in [2.24, 2.45) is 0 Å². The first-order chi connectivity index (χ1) is 10.3. The van der Waals surface area contributed by atoms with Crippen LogP contribution in [0.1, 0.15) is 40.7 Å². The van der Waals surface area contributed by atoms with Crippen molar-refractivity contribution in [2.75, 3.05) is 6.61 Å². The molecule has 2 aromatic rings. The first-order valence-corrected chi connectivity index (χ1v) is 7.38. The van der Waals surface area contributed by atoms with Gasteiger partial charge in [-0.1, -0.05) is 30.3 Å². The molecule has 2 aromatic carbocycles. The molecule has 0 radical (unpaired) electrons. The molecule has 2 aliphatic rings. The van der Waals surface area contributed by atoms with E-state index in [1.165, 1.54) is 17.2 Å². The number of halogens is 1. The first kappa shape index (κ1) is 13.0. The minimum Gasteiger partial charge on any atom is -0.394 e. The number of rotatable bonds is 1. The Kier molecular flexibility index (Phi) is 3.05. The Morgan fingerprint density at radius 1 is 1.10 bits per heavy atom. The lowest BCUT2D eigenvalue weighted by molar-refractivity contribution is 0.00829. The van der Waals surface area contributed by atoms with Crippen LogP contribution in [0.4, 0.5) is 4.39 Å². The van der Waals surface area contributed by atoms with E-state index in [0.29, 0.717) is 0 Å². The zero-order valence-corrected chi connectivity index (χ0v) is 11.6. The van der Waals surface area contributed by atoms with Gasteiger partial charge >= 0.3 is 0 Å². The summed E-state index contributed by atoms with van der Waals surface area (Å²) in [4.78, 5) is 0. The first-order valence-electron chi connectivity index (χ1n) is 7.38. The van der Waals surface area contributed by atoms with Crippen LogP contribution in [0.15, 0.2) is 42.5 Å². The van der Waals surface area contributed by atoms with E-state index in [0.717, 1.165) is 24.0 Å². The maximum Gasteiger partial charge on any atom is 0.123 e. The lowest BCUT2D eigenvalue weighted by Gasteiger charge is -2.19. The topological polar surface area (TPSA) is 29.5 Å². The molecule has 1 saturated heterocycles. The summed E-state index contributed by atoms with van der Waals surface area (Å²) in [5, 5.41) is 9.43. The number of hydrogen-bond donors (Lipinski definition) is 1. The van der Waals surface area contributed by atoms with Crippen LogP contribution in [0.5, 0.6) is 0 Å². The van der Waals surface area contributed by atoms with Crippen molar-refractivity contribution in [1.82, 2.24) is 0 Å². The summed E-state index contributed by atoms with van der Waals surface area (Å²) in [5.41, 5.74) is 4.61. The summed E-state index contributed by atoms with van der Waals surface area (Å²) in [6, 6.07) is 13.3. The number of hydrogen-bond acceptors (Lipinski definition) is 2. The molecule has 3 atom stereocenters. The summed E-state index contributed by atoms with van der Waals surface area (Å²) in [6.45, 7) is 0.0137. The van der Waals surface area contributed by atoms with Crippen molar-refractivity contribution in [3.05, 3.63) is 70.5 Å². The van der Waals surface area contributed by atoms with Crippen molar-refractivity contribution >= 4 is 0 Å². The minimum absolute atomic E-state index is 0.0137. The molecule has 1 unspecified atom stereocenters. The molecule has 0 bridgehead atoms. The second kappa shape index (κ2) is 4.93. The molecule has 1 heterocycles. The van der Waals surface area contributed by atoms with Crippen LogP contribution in [0, 0.1) is 5.82 Å². The van der Waals surface area contributed by atoms with Crippen LogP contribution in [0.25, 0.3) is 0 Å².